The van der Waals surface area contributed by atoms with Crippen LogP contribution in [0.5, 0.6) is 0 Å². The number of anilines is 2. The second-order valence-electron chi connectivity index (χ2n) is 3.78. The van der Waals surface area contributed by atoms with Gasteiger partial charge in [-0.2, -0.15) is 0 Å². The van der Waals surface area contributed by atoms with Crippen molar-refractivity contribution in [3.63, 3.8) is 0 Å². The fourth-order valence-corrected chi connectivity index (χ4v) is 1.35. The predicted molar refractivity (Wildman–Crippen MR) is 75.6 cm³/mol. The van der Waals surface area contributed by atoms with Crippen molar-refractivity contribution in [2.24, 2.45) is 0 Å². The van der Waals surface area contributed by atoms with Crippen LogP contribution in [0.25, 0.3) is 0 Å². The van der Waals surface area contributed by atoms with Crippen molar-refractivity contribution in [3.05, 3.63) is 59.7 Å². The van der Waals surface area contributed by atoms with Gasteiger partial charge in [0.1, 0.15) is 0 Å². The van der Waals surface area contributed by atoms with Crippen molar-refractivity contribution in [1.82, 2.24) is 0 Å². The van der Waals surface area contributed by atoms with E-state index in [4.69, 9.17) is 21.7 Å². The van der Waals surface area contributed by atoms with Gasteiger partial charge in [-0.05, 0) is 24.3 Å². The zero-order valence-corrected chi connectivity index (χ0v) is 10.5. The van der Waals surface area contributed by atoms with E-state index >= 15 is 0 Å². The predicted octanol–water partition coefficient (Wildman–Crippen LogP) is 1.93. The lowest BCUT2D eigenvalue weighted by atomic mass is 10.1. The maximum absolute atomic E-state index is 10.4. The Labute approximate surface area is 115 Å². The minimum absolute atomic E-state index is 0.0463. The fraction of sp³-hybridized carbons (Fsp3) is 0. The molecule has 0 saturated carbocycles. The van der Waals surface area contributed by atoms with Gasteiger partial charge in [-0.15, -0.1) is 0 Å². The number of carbonyl (C=O) groups is 2. The van der Waals surface area contributed by atoms with Crippen LogP contribution in [0.2, 0.25) is 0 Å². The highest BCUT2D eigenvalue weighted by Gasteiger charge is 2.07. The van der Waals surface area contributed by atoms with Crippen LogP contribution >= 0.6 is 0 Å². The molecular formula is C14H14N2O4. The lowest BCUT2D eigenvalue weighted by Gasteiger charge is -2.01. The molecule has 0 radical (unpaired) electrons. The molecule has 6 heteroatoms. The molecule has 0 unspecified atom stereocenters. The number of carboxylic acids is 2. The van der Waals surface area contributed by atoms with Crippen LogP contribution in [0, 0.1) is 0 Å². The first-order valence-corrected chi connectivity index (χ1v) is 5.59. The Bertz CT molecular complexity index is 612. The monoisotopic (exact) mass is 274 g/mol. The summed E-state index contributed by atoms with van der Waals surface area (Å²) in [6, 6.07) is 12.8. The number of carboxylic acid groups (broad SMARTS) is 2. The van der Waals surface area contributed by atoms with Gasteiger partial charge >= 0.3 is 11.9 Å². The Morgan fingerprint density at radius 2 is 1.40 bits per heavy atom. The molecule has 6 nitrogen and oxygen atoms in total. The number of nitrogen functional groups attached to an aromatic ring is 2. The van der Waals surface area contributed by atoms with Crippen molar-refractivity contribution in [3.8, 4) is 0 Å². The molecule has 0 aromatic heterocycles. The second kappa shape index (κ2) is 6.79. The molecule has 0 fully saturated rings. The van der Waals surface area contributed by atoms with E-state index in [2.05, 4.69) is 0 Å². The van der Waals surface area contributed by atoms with Gasteiger partial charge in [-0.3, -0.25) is 0 Å². The van der Waals surface area contributed by atoms with Gasteiger partial charge in [0.25, 0.3) is 0 Å². The maximum Gasteiger partial charge on any atom is 0.337 e. The summed E-state index contributed by atoms with van der Waals surface area (Å²) in [7, 11) is 0. The van der Waals surface area contributed by atoms with Gasteiger partial charge in [-0.25, -0.2) is 9.59 Å². The topological polar surface area (TPSA) is 127 Å². The molecule has 0 aliphatic rings. The quantitative estimate of drug-likeness (QED) is 0.620. The summed E-state index contributed by atoms with van der Waals surface area (Å²) >= 11 is 0. The molecule has 0 spiro atoms. The Hall–Kier alpha value is -3.02. The molecule has 0 bridgehead atoms. The summed E-state index contributed by atoms with van der Waals surface area (Å²) in [5.74, 6) is -1.94. The molecule has 6 N–H and O–H groups in total. The van der Waals surface area contributed by atoms with Crippen LogP contribution in [-0.4, -0.2) is 22.2 Å². The first kappa shape index (κ1) is 15.0. The lowest BCUT2D eigenvalue weighted by molar-refractivity contribution is 0.0686. The number of aromatic carboxylic acids is 2. The van der Waals surface area contributed by atoms with Crippen LogP contribution in [0.3, 0.4) is 0 Å². The number of rotatable bonds is 2. The normalized spacial score (nSPS) is 9.20. The average molecular weight is 274 g/mol. The molecule has 2 aromatic rings. The largest absolute Gasteiger partial charge is 0.478 e. The van der Waals surface area contributed by atoms with Gasteiger partial charge in [-0.1, -0.05) is 24.3 Å². The minimum atomic E-state index is -1.06. The molecule has 2 aromatic carbocycles. The molecule has 0 aliphatic heterocycles. The van der Waals surface area contributed by atoms with E-state index in [1.807, 2.05) is 0 Å². The van der Waals surface area contributed by atoms with E-state index in [1.54, 1.807) is 42.5 Å². The standard InChI is InChI=1S/C7H8N2O2.C7H6O2/c8-5-3-1-2-4(6(5)9)7(10)11;8-7(9)6-4-2-1-3-5-6/h1-3H,8-9H2,(H,10,11);1-5H,(H,8,9). The smallest absolute Gasteiger partial charge is 0.337 e. The van der Waals surface area contributed by atoms with Crippen LogP contribution in [-0.2, 0) is 0 Å². The van der Waals surface area contributed by atoms with E-state index in [1.165, 1.54) is 6.07 Å². The molecule has 0 heterocycles. The van der Waals surface area contributed by atoms with Gasteiger partial charge in [0.2, 0.25) is 0 Å². The summed E-state index contributed by atoms with van der Waals surface area (Å²) in [5, 5.41) is 16.9. The Kier molecular flexibility index (Phi) is 5.11. The Morgan fingerprint density at radius 3 is 1.80 bits per heavy atom. The van der Waals surface area contributed by atoms with Crippen LogP contribution < -0.4 is 11.5 Å². The van der Waals surface area contributed by atoms with E-state index < -0.39 is 11.9 Å². The van der Waals surface area contributed by atoms with E-state index in [9.17, 15) is 9.59 Å². The molecule has 104 valence electrons. The first-order chi connectivity index (χ1) is 9.43. The fourth-order valence-electron chi connectivity index (χ4n) is 1.35. The summed E-state index contributed by atoms with van der Waals surface area (Å²) in [6.07, 6.45) is 0. The SMILES string of the molecule is Nc1cccc(C(=O)O)c1N.O=C(O)c1ccccc1. The lowest BCUT2D eigenvalue weighted by Crippen LogP contribution is -2.04. The van der Waals surface area contributed by atoms with E-state index in [-0.39, 0.29) is 11.3 Å². The highest BCUT2D eigenvalue weighted by Crippen LogP contribution is 2.18. The van der Waals surface area contributed by atoms with Crippen molar-refractivity contribution in [2.45, 2.75) is 0 Å². The van der Waals surface area contributed by atoms with Gasteiger partial charge in [0.15, 0.2) is 0 Å². The van der Waals surface area contributed by atoms with E-state index in [0.29, 0.717) is 11.3 Å². The van der Waals surface area contributed by atoms with Crippen molar-refractivity contribution in [1.29, 1.82) is 0 Å². The van der Waals surface area contributed by atoms with Crippen molar-refractivity contribution < 1.29 is 19.8 Å². The third-order valence-corrected chi connectivity index (χ3v) is 2.39. The number of para-hydroxylation sites is 1. The van der Waals surface area contributed by atoms with E-state index in [0.717, 1.165) is 0 Å². The molecule has 0 aliphatic carbocycles. The molecule has 2 rings (SSSR count). The maximum atomic E-state index is 10.4. The van der Waals surface area contributed by atoms with Gasteiger partial charge in [0.05, 0.1) is 22.5 Å². The Balaban J connectivity index is 0.000000204. The Morgan fingerprint density at radius 1 is 0.800 bits per heavy atom. The number of benzene rings is 2. The van der Waals surface area contributed by atoms with Crippen LogP contribution in [0.1, 0.15) is 20.7 Å². The average Bonchev–Trinajstić information content (AvgIpc) is 2.43. The second-order valence-corrected chi connectivity index (χ2v) is 3.78. The summed E-state index contributed by atoms with van der Waals surface area (Å²) in [4.78, 5) is 20.6. The highest BCUT2D eigenvalue weighted by molar-refractivity contribution is 5.96. The minimum Gasteiger partial charge on any atom is -0.478 e. The van der Waals surface area contributed by atoms with Crippen LogP contribution in [0.4, 0.5) is 11.4 Å². The van der Waals surface area contributed by atoms with Gasteiger partial charge in [0, 0.05) is 0 Å². The number of nitrogens with two attached hydrogens (primary N) is 2. The number of hydrogen-bond donors (Lipinski definition) is 4. The van der Waals surface area contributed by atoms with Crippen molar-refractivity contribution >= 4 is 23.3 Å². The van der Waals surface area contributed by atoms with Crippen LogP contribution in [0.15, 0.2) is 48.5 Å². The third kappa shape index (κ3) is 4.02. The zero-order chi connectivity index (χ0) is 15.1. The molecule has 0 atom stereocenters. The highest BCUT2D eigenvalue weighted by atomic mass is 16.4. The summed E-state index contributed by atoms with van der Waals surface area (Å²) in [5.41, 5.74) is 11.5. The number of hydrogen-bond acceptors (Lipinski definition) is 4. The summed E-state index contributed by atoms with van der Waals surface area (Å²) < 4.78 is 0. The molecule has 0 saturated heterocycles. The molecule has 0 amide bonds. The molecular weight excluding hydrogens is 260 g/mol. The van der Waals surface area contributed by atoms with Gasteiger partial charge < -0.3 is 21.7 Å². The molecule has 20 heavy (non-hydrogen) atoms. The van der Waals surface area contributed by atoms with Crippen molar-refractivity contribution in [2.75, 3.05) is 11.5 Å². The summed E-state index contributed by atoms with van der Waals surface area (Å²) in [6.45, 7) is 0. The zero-order valence-electron chi connectivity index (χ0n) is 10.5. The first-order valence-electron chi connectivity index (χ1n) is 5.59. The third-order valence-electron chi connectivity index (χ3n) is 2.39.